The van der Waals surface area contributed by atoms with Crippen LogP contribution in [0.25, 0.3) is 0 Å². The molecule has 4 nitrogen and oxygen atoms in total. The Morgan fingerprint density at radius 2 is 2.06 bits per heavy atom. The lowest BCUT2D eigenvalue weighted by atomic mass is 10.1. The number of rotatable bonds is 3. The predicted molar refractivity (Wildman–Crippen MR) is 58.8 cm³/mol. The molecule has 0 unspecified atom stereocenters. The molecule has 1 aromatic carbocycles. The summed E-state index contributed by atoms with van der Waals surface area (Å²) in [5.41, 5.74) is 6.07. The van der Waals surface area contributed by atoms with E-state index in [1.54, 1.807) is 0 Å². The fourth-order valence-corrected chi connectivity index (χ4v) is 1.20. The third kappa shape index (κ3) is 3.86. The second kappa shape index (κ2) is 4.94. The monoisotopic (exact) mass is 247 g/mol. The van der Waals surface area contributed by atoms with Gasteiger partial charge in [-0.05, 0) is 18.2 Å². The van der Waals surface area contributed by atoms with Gasteiger partial charge in [0.15, 0.2) is 0 Å². The number of nitrogen functional groups attached to an aromatic ring is 1. The van der Waals surface area contributed by atoms with E-state index in [0.29, 0.717) is 5.56 Å². The van der Waals surface area contributed by atoms with E-state index in [2.05, 4.69) is 10.6 Å². The summed E-state index contributed by atoms with van der Waals surface area (Å²) in [5, 5.41) is 4.54. The lowest BCUT2D eigenvalue weighted by Gasteiger charge is -2.12. The van der Waals surface area contributed by atoms with Crippen molar-refractivity contribution in [3.05, 3.63) is 23.8 Å². The largest absolute Gasteiger partial charge is 0.405 e. The van der Waals surface area contributed by atoms with Crippen LogP contribution in [-0.2, 0) is 0 Å². The first kappa shape index (κ1) is 13.1. The molecule has 0 saturated heterocycles. The van der Waals surface area contributed by atoms with Gasteiger partial charge >= 0.3 is 6.18 Å². The van der Waals surface area contributed by atoms with Crippen molar-refractivity contribution in [3.8, 4) is 0 Å². The first-order valence-corrected chi connectivity index (χ1v) is 4.75. The van der Waals surface area contributed by atoms with Crippen molar-refractivity contribution >= 4 is 17.3 Å². The molecule has 1 rings (SSSR count). The summed E-state index contributed by atoms with van der Waals surface area (Å²) in [6, 6.07) is 4.05. The van der Waals surface area contributed by atoms with Gasteiger partial charge in [-0.2, -0.15) is 13.2 Å². The van der Waals surface area contributed by atoms with Gasteiger partial charge in [-0.3, -0.25) is 4.79 Å². The number of hydrogen-bond acceptors (Lipinski definition) is 3. The van der Waals surface area contributed by atoms with E-state index < -0.39 is 12.7 Å². The molecule has 4 N–H and O–H groups in total. The predicted octanol–water partition coefficient (Wildman–Crippen LogP) is 1.60. The molecular formula is C10H12F3N3O. The molecule has 0 aliphatic heterocycles. The summed E-state index contributed by atoms with van der Waals surface area (Å²) in [6.45, 7) is -1.17. The van der Waals surface area contributed by atoms with Gasteiger partial charge in [0, 0.05) is 12.6 Å². The molecule has 0 aliphatic carbocycles. The summed E-state index contributed by atoms with van der Waals surface area (Å²) in [4.78, 5) is 11.2. The van der Waals surface area contributed by atoms with Crippen LogP contribution in [0, 0.1) is 0 Å². The smallest absolute Gasteiger partial charge is 0.397 e. The van der Waals surface area contributed by atoms with E-state index in [0.717, 1.165) is 0 Å². The lowest BCUT2D eigenvalue weighted by Crippen LogP contribution is -2.22. The Kier molecular flexibility index (Phi) is 3.82. The molecule has 0 aromatic heterocycles. The number of carbonyl (C=O) groups is 1. The normalized spacial score (nSPS) is 11.1. The van der Waals surface area contributed by atoms with Gasteiger partial charge < -0.3 is 16.4 Å². The van der Waals surface area contributed by atoms with Crippen molar-refractivity contribution in [1.29, 1.82) is 0 Å². The van der Waals surface area contributed by atoms with Gasteiger partial charge in [0.2, 0.25) is 0 Å². The van der Waals surface area contributed by atoms with Crippen molar-refractivity contribution in [2.75, 3.05) is 24.6 Å². The van der Waals surface area contributed by atoms with Crippen LogP contribution in [0.3, 0.4) is 0 Å². The highest BCUT2D eigenvalue weighted by Crippen LogP contribution is 2.22. The van der Waals surface area contributed by atoms with Gasteiger partial charge in [0.1, 0.15) is 6.54 Å². The molecule has 17 heavy (non-hydrogen) atoms. The van der Waals surface area contributed by atoms with Crippen LogP contribution in [0.15, 0.2) is 18.2 Å². The number of hydrogen-bond donors (Lipinski definition) is 3. The SMILES string of the molecule is CNC(=O)c1ccc(NCC(F)(F)F)c(N)c1. The second-order valence-corrected chi connectivity index (χ2v) is 3.35. The van der Waals surface area contributed by atoms with Crippen LogP contribution in [0.5, 0.6) is 0 Å². The lowest BCUT2D eigenvalue weighted by molar-refractivity contribution is -0.115. The maximum Gasteiger partial charge on any atom is 0.405 e. The Balaban J connectivity index is 2.80. The number of carbonyl (C=O) groups excluding carboxylic acids is 1. The number of halogens is 3. The van der Waals surface area contributed by atoms with Crippen LogP contribution in [0.4, 0.5) is 24.5 Å². The minimum Gasteiger partial charge on any atom is -0.397 e. The molecule has 0 saturated carbocycles. The summed E-state index contributed by atoms with van der Waals surface area (Å²) < 4.78 is 35.9. The minimum atomic E-state index is -4.31. The zero-order chi connectivity index (χ0) is 13.1. The van der Waals surface area contributed by atoms with E-state index in [-0.39, 0.29) is 17.3 Å². The van der Waals surface area contributed by atoms with Crippen molar-refractivity contribution in [3.63, 3.8) is 0 Å². The quantitative estimate of drug-likeness (QED) is 0.711. The molecule has 0 radical (unpaired) electrons. The molecule has 7 heteroatoms. The molecule has 0 bridgehead atoms. The van der Waals surface area contributed by atoms with Gasteiger partial charge in [-0.15, -0.1) is 0 Å². The Hall–Kier alpha value is -1.92. The zero-order valence-corrected chi connectivity index (χ0v) is 9.06. The Morgan fingerprint density at radius 3 is 2.53 bits per heavy atom. The first-order valence-electron chi connectivity index (χ1n) is 4.75. The van der Waals surface area contributed by atoms with Crippen molar-refractivity contribution < 1.29 is 18.0 Å². The van der Waals surface area contributed by atoms with Crippen molar-refractivity contribution in [2.24, 2.45) is 0 Å². The van der Waals surface area contributed by atoms with Crippen molar-refractivity contribution in [1.82, 2.24) is 5.32 Å². The minimum absolute atomic E-state index is 0.0929. The zero-order valence-electron chi connectivity index (χ0n) is 9.06. The molecule has 0 spiro atoms. The van der Waals surface area contributed by atoms with Crippen LogP contribution < -0.4 is 16.4 Å². The Labute approximate surface area is 96.0 Å². The highest BCUT2D eigenvalue weighted by Gasteiger charge is 2.26. The average molecular weight is 247 g/mol. The van der Waals surface area contributed by atoms with Crippen LogP contribution in [-0.4, -0.2) is 25.7 Å². The third-order valence-electron chi connectivity index (χ3n) is 2.02. The van der Waals surface area contributed by atoms with Crippen LogP contribution in [0.2, 0.25) is 0 Å². The fraction of sp³-hybridized carbons (Fsp3) is 0.300. The van der Waals surface area contributed by atoms with Gasteiger partial charge in [-0.1, -0.05) is 0 Å². The number of benzene rings is 1. The molecular weight excluding hydrogens is 235 g/mol. The maximum atomic E-state index is 12.0. The van der Waals surface area contributed by atoms with E-state index in [1.165, 1.54) is 25.2 Å². The molecule has 94 valence electrons. The van der Waals surface area contributed by atoms with Gasteiger partial charge in [-0.25, -0.2) is 0 Å². The van der Waals surface area contributed by atoms with E-state index in [9.17, 15) is 18.0 Å². The molecule has 1 amide bonds. The molecule has 0 heterocycles. The van der Waals surface area contributed by atoms with E-state index in [4.69, 9.17) is 5.73 Å². The van der Waals surface area contributed by atoms with Crippen LogP contribution >= 0.6 is 0 Å². The number of nitrogens with one attached hydrogen (secondary N) is 2. The summed E-state index contributed by atoms with van der Waals surface area (Å²) in [5.74, 6) is -0.348. The molecule has 0 atom stereocenters. The summed E-state index contributed by atoms with van der Waals surface area (Å²) in [7, 11) is 1.45. The highest BCUT2D eigenvalue weighted by molar-refractivity contribution is 5.95. The van der Waals surface area contributed by atoms with Crippen molar-refractivity contribution in [2.45, 2.75) is 6.18 Å². The highest BCUT2D eigenvalue weighted by atomic mass is 19.4. The van der Waals surface area contributed by atoms with E-state index in [1.807, 2.05) is 0 Å². The number of amides is 1. The number of anilines is 2. The maximum absolute atomic E-state index is 12.0. The summed E-state index contributed by atoms with van der Waals surface area (Å²) in [6.07, 6.45) is -4.31. The van der Waals surface area contributed by atoms with Gasteiger partial charge in [0.25, 0.3) is 5.91 Å². The topological polar surface area (TPSA) is 67.2 Å². The number of alkyl halides is 3. The average Bonchev–Trinajstić information content (AvgIpc) is 2.25. The van der Waals surface area contributed by atoms with Gasteiger partial charge in [0.05, 0.1) is 11.4 Å². The fourth-order valence-electron chi connectivity index (χ4n) is 1.20. The third-order valence-corrected chi connectivity index (χ3v) is 2.02. The Bertz CT molecular complexity index is 418. The second-order valence-electron chi connectivity index (χ2n) is 3.35. The standard InChI is InChI=1S/C10H12F3N3O/c1-15-9(17)6-2-3-8(7(14)4-6)16-5-10(11,12)13/h2-4,16H,5,14H2,1H3,(H,15,17). The molecule has 0 fully saturated rings. The summed E-state index contributed by atoms with van der Waals surface area (Å²) >= 11 is 0. The molecule has 1 aromatic rings. The Morgan fingerprint density at radius 1 is 1.41 bits per heavy atom. The first-order chi connectivity index (χ1) is 7.83. The molecule has 0 aliphatic rings. The number of nitrogens with two attached hydrogens (primary N) is 1. The van der Waals surface area contributed by atoms with E-state index >= 15 is 0 Å². The van der Waals surface area contributed by atoms with Crippen LogP contribution in [0.1, 0.15) is 10.4 Å².